The smallest absolute Gasteiger partial charge is 0.282 e. The van der Waals surface area contributed by atoms with Gasteiger partial charge in [0, 0.05) is 26.2 Å². The maximum absolute atomic E-state index is 13.4. The fourth-order valence-corrected chi connectivity index (χ4v) is 4.86. The molecule has 1 aromatic heterocycles. The molecule has 0 aliphatic rings. The molecule has 0 spiro atoms. The zero-order chi connectivity index (χ0) is 26.7. The second-order valence-electron chi connectivity index (χ2n) is 9.22. The van der Waals surface area contributed by atoms with Crippen LogP contribution >= 0.6 is 43.5 Å². The normalized spacial score (nSPS) is 11.7. The number of hydrogen-bond acceptors (Lipinski definition) is 5. The van der Waals surface area contributed by atoms with E-state index in [0.29, 0.717) is 43.2 Å². The first kappa shape index (κ1) is 27.0. The highest BCUT2D eigenvalue weighted by Gasteiger charge is 2.23. The van der Waals surface area contributed by atoms with Gasteiger partial charge in [0.25, 0.3) is 11.5 Å². The molecule has 10 heteroatoms. The van der Waals surface area contributed by atoms with Gasteiger partial charge in [-0.2, -0.15) is 9.78 Å². The van der Waals surface area contributed by atoms with Crippen molar-refractivity contribution < 1.29 is 9.53 Å². The van der Waals surface area contributed by atoms with Gasteiger partial charge in [-0.1, -0.05) is 66.5 Å². The highest BCUT2D eigenvalue weighted by molar-refractivity contribution is 9.10. The van der Waals surface area contributed by atoms with E-state index >= 15 is 0 Å². The summed E-state index contributed by atoms with van der Waals surface area (Å²) >= 11 is 13.2. The van der Waals surface area contributed by atoms with Crippen LogP contribution in [0.15, 0.2) is 79.5 Å². The summed E-state index contributed by atoms with van der Waals surface area (Å²) in [6, 6.07) is 17.8. The predicted molar refractivity (Wildman–Crippen MR) is 155 cm³/mol. The zero-order valence-corrected chi connectivity index (χ0v) is 24.2. The SMILES string of the molecule is CC(C)(C)c1nc2ccc(Br)cc2c(=O)n1N=Cc1cc(Cl)cc(Br)c1OCC(=O)Nc1ccccc1. The van der Waals surface area contributed by atoms with Crippen molar-refractivity contribution in [1.29, 1.82) is 0 Å². The third-order valence-electron chi connectivity index (χ3n) is 5.23. The van der Waals surface area contributed by atoms with E-state index < -0.39 is 5.41 Å². The minimum absolute atomic E-state index is 0.241. The maximum Gasteiger partial charge on any atom is 0.282 e. The van der Waals surface area contributed by atoms with E-state index in [4.69, 9.17) is 21.3 Å². The summed E-state index contributed by atoms with van der Waals surface area (Å²) in [6.07, 6.45) is 1.48. The van der Waals surface area contributed by atoms with Crippen LogP contribution in [-0.4, -0.2) is 28.4 Å². The number of carbonyl (C=O) groups excluding carboxylic acids is 1. The summed E-state index contributed by atoms with van der Waals surface area (Å²) in [4.78, 5) is 30.6. The lowest BCUT2D eigenvalue weighted by molar-refractivity contribution is -0.118. The first-order valence-electron chi connectivity index (χ1n) is 11.3. The first-order chi connectivity index (χ1) is 17.5. The Hall–Kier alpha value is -3.01. The molecule has 7 nitrogen and oxygen atoms in total. The van der Waals surface area contributed by atoms with E-state index in [0.717, 1.165) is 4.47 Å². The van der Waals surface area contributed by atoms with Gasteiger partial charge in [-0.15, -0.1) is 0 Å². The summed E-state index contributed by atoms with van der Waals surface area (Å²) in [5, 5.41) is 8.14. The van der Waals surface area contributed by atoms with Crippen molar-refractivity contribution in [1.82, 2.24) is 9.66 Å². The average Bonchev–Trinajstić information content (AvgIpc) is 2.83. The van der Waals surface area contributed by atoms with Gasteiger partial charge in [-0.25, -0.2) is 4.98 Å². The number of para-hydroxylation sites is 1. The second kappa shape index (κ2) is 11.2. The van der Waals surface area contributed by atoms with Crippen molar-refractivity contribution in [3.8, 4) is 5.75 Å². The number of nitrogens with one attached hydrogen (secondary N) is 1. The summed E-state index contributed by atoms with van der Waals surface area (Å²) in [6.45, 7) is 5.64. The molecule has 0 fully saturated rings. The van der Waals surface area contributed by atoms with Gasteiger partial charge in [-0.05, 0) is 58.4 Å². The van der Waals surface area contributed by atoms with Gasteiger partial charge in [0.2, 0.25) is 0 Å². The van der Waals surface area contributed by atoms with Crippen molar-refractivity contribution in [2.75, 3.05) is 11.9 Å². The largest absolute Gasteiger partial charge is 0.482 e. The number of fused-ring (bicyclic) bond motifs is 1. The van der Waals surface area contributed by atoms with Crippen LogP contribution in [0.4, 0.5) is 5.69 Å². The third-order valence-corrected chi connectivity index (χ3v) is 6.53. The summed E-state index contributed by atoms with van der Waals surface area (Å²) in [7, 11) is 0. The highest BCUT2D eigenvalue weighted by Crippen LogP contribution is 2.32. The molecule has 3 aromatic carbocycles. The molecule has 4 rings (SSSR count). The number of benzene rings is 3. The van der Waals surface area contributed by atoms with Crippen molar-refractivity contribution in [2.45, 2.75) is 26.2 Å². The molecule has 0 aliphatic heterocycles. The molecule has 190 valence electrons. The Kier molecular flexibility index (Phi) is 8.16. The lowest BCUT2D eigenvalue weighted by Gasteiger charge is -2.21. The predicted octanol–water partition coefficient (Wildman–Crippen LogP) is 6.77. The number of ether oxygens (including phenoxy) is 1. The number of halogens is 3. The van der Waals surface area contributed by atoms with Gasteiger partial charge in [0.05, 0.1) is 21.6 Å². The Bertz CT molecular complexity index is 1560. The van der Waals surface area contributed by atoms with E-state index in [2.05, 4.69) is 42.3 Å². The number of hydrogen-bond donors (Lipinski definition) is 1. The Balaban J connectivity index is 1.71. The quantitative estimate of drug-likeness (QED) is 0.234. The summed E-state index contributed by atoms with van der Waals surface area (Å²) < 4.78 is 8.43. The van der Waals surface area contributed by atoms with E-state index in [-0.39, 0.29) is 18.1 Å². The van der Waals surface area contributed by atoms with Crippen molar-refractivity contribution in [3.05, 3.63) is 96.4 Å². The fraction of sp³-hybridized carbons (Fsp3) is 0.185. The van der Waals surface area contributed by atoms with Crippen LogP contribution in [-0.2, 0) is 10.2 Å². The van der Waals surface area contributed by atoms with E-state index in [1.54, 1.807) is 36.4 Å². The molecule has 0 aliphatic carbocycles. The minimum Gasteiger partial charge on any atom is -0.482 e. The molecule has 0 radical (unpaired) electrons. The molecule has 1 heterocycles. The molecule has 0 atom stereocenters. The Morgan fingerprint density at radius 3 is 2.57 bits per heavy atom. The van der Waals surface area contributed by atoms with Crippen LogP contribution in [0.1, 0.15) is 32.2 Å². The van der Waals surface area contributed by atoms with Crippen LogP contribution in [0, 0.1) is 0 Å². The molecule has 4 aromatic rings. The van der Waals surface area contributed by atoms with Gasteiger partial charge >= 0.3 is 0 Å². The Labute approximate surface area is 235 Å². The molecule has 0 bridgehead atoms. The van der Waals surface area contributed by atoms with Crippen molar-refractivity contribution >= 4 is 72.2 Å². The highest BCUT2D eigenvalue weighted by atomic mass is 79.9. The van der Waals surface area contributed by atoms with E-state index in [1.807, 2.05) is 45.0 Å². The molecule has 0 saturated carbocycles. The molecular weight excluding hydrogens is 624 g/mol. The number of rotatable bonds is 6. The Morgan fingerprint density at radius 1 is 1.14 bits per heavy atom. The van der Waals surface area contributed by atoms with Gasteiger partial charge in [0.1, 0.15) is 11.6 Å². The lowest BCUT2D eigenvalue weighted by atomic mass is 9.95. The number of anilines is 1. The zero-order valence-electron chi connectivity index (χ0n) is 20.3. The topological polar surface area (TPSA) is 85.6 Å². The van der Waals surface area contributed by atoms with Crippen LogP contribution in [0.25, 0.3) is 10.9 Å². The molecule has 1 amide bonds. The summed E-state index contributed by atoms with van der Waals surface area (Å²) in [5.41, 5.74) is 0.953. The standard InChI is InChI=1S/C27H23Br2ClN4O3/c1-27(2,3)26-33-22-10-9-17(28)12-20(22)25(36)34(26)31-14-16-11-18(30)13-21(29)24(16)37-15-23(35)32-19-7-5-4-6-8-19/h4-14H,15H2,1-3H3,(H,32,35). The first-order valence-corrected chi connectivity index (χ1v) is 13.2. The van der Waals surface area contributed by atoms with Crippen LogP contribution in [0.5, 0.6) is 5.75 Å². The molecule has 1 N–H and O–H groups in total. The maximum atomic E-state index is 13.4. The minimum atomic E-state index is -0.471. The van der Waals surface area contributed by atoms with Gasteiger partial charge in [-0.3, -0.25) is 9.59 Å². The van der Waals surface area contributed by atoms with Crippen LogP contribution in [0.3, 0.4) is 0 Å². The molecule has 0 unspecified atom stereocenters. The number of carbonyl (C=O) groups is 1. The number of aromatic nitrogens is 2. The third kappa shape index (κ3) is 6.47. The van der Waals surface area contributed by atoms with Gasteiger partial charge < -0.3 is 10.1 Å². The van der Waals surface area contributed by atoms with Crippen molar-refractivity contribution in [2.24, 2.45) is 5.10 Å². The fourth-order valence-electron chi connectivity index (χ4n) is 3.55. The average molecular weight is 647 g/mol. The number of nitrogens with zero attached hydrogens (tertiary/aromatic N) is 3. The Morgan fingerprint density at radius 2 is 1.86 bits per heavy atom. The molecule has 37 heavy (non-hydrogen) atoms. The van der Waals surface area contributed by atoms with Gasteiger partial charge in [0.15, 0.2) is 6.61 Å². The molecular formula is C27H23Br2ClN4O3. The molecule has 0 saturated heterocycles. The van der Waals surface area contributed by atoms with Crippen LogP contribution in [0.2, 0.25) is 5.02 Å². The monoisotopic (exact) mass is 644 g/mol. The number of amides is 1. The van der Waals surface area contributed by atoms with E-state index in [1.165, 1.54) is 10.9 Å². The van der Waals surface area contributed by atoms with E-state index in [9.17, 15) is 9.59 Å². The summed E-state index contributed by atoms with van der Waals surface area (Å²) in [5.74, 6) is 0.527. The van der Waals surface area contributed by atoms with Crippen LogP contribution < -0.4 is 15.6 Å². The van der Waals surface area contributed by atoms with Crippen molar-refractivity contribution in [3.63, 3.8) is 0 Å². The second-order valence-corrected chi connectivity index (χ2v) is 11.4. The lowest BCUT2D eigenvalue weighted by Crippen LogP contribution is -2.29.